The van der Waals surface area contributed by atoms with Crippen molar-refractivity contribution in [1.82, 2.24) is 0 Å². The maximum atomic E-state index is 12.4. The van der Waals surface area contributed by atoms with Gasteiger partial charge in [-0.1, -0.05) is 91.0 Å². The first-order chi connectivity index (χ1) is 19.4. The van der Waals surface area contributed by atoms with E-state index in [0.717, 1.165) is 16.7 Å². The zero-order valence-electron chi connectivity index (χ0n) is 23.0. The molecule has 0 radical (unpaired) electrons. The van der Waals surface area contributed by atoms with Crippen molar-refractivity contribution >= 4 is 17.9 Å². The standard InChI is InChI=1S/C33H39NO6/c34-33(23-20-32(37)40-26-29-16-8-3-9-17-29,21-10-18-30(35)38-24-27-12-4-1-5-13-27)22-11-19-31(36)39-25-28-14-6-2-7-15-28/h1-9,12-17H,10-11,18-26,34H2. The molecule has 3 aromatic carbocycles. The number of nitrogens with two attached hydrogens (primary N) is 1. The molecule has 0 bridgehead atoms. The Kier molecular flexibility index (Phi) is 12.9. The summed E-state index contributed by atoms with van der Waals surface area (Å²) in [7, 11) is 0. The van der Waals surface area contributed by atoms with Gasteiger partial charge >= 0.3 is 17.9 Å². The van der Waals surface area contributed by atoms with Gasteiger partial charge in [0.2, 0.25) is 0 Å². The minimum absolute atomic E-state index is 0.153. The molecule has 40 heavy (non-hydrogen) atoms. The van der Waals surface area contributed by atoms with Gasteiger partial charge in [-0.3, -0.25) is 14.4 Å². The van der Waals surface area contributed by atoms with Gasteiger partial charge in [-0.2, -0.15) is 0 Å². The average molecular weight is 546 g/mol. The van der Waals surface area contributed by atoms with E-state index in [1.165, 1.54) is 0 Å². The van der Waals surface area contributed by atoms with Crippen molar-refractivity contribution in [3.63, 3.8) is 0 Å². The predicted octanol–water partition coefficient (Wildman–Crippen LogP) is 6.03. The van der Waals surface area contributed by atoms with Crippen molar-refractivity contribution in [2.45, 2.75) is 76.7 Å². The summed E-state index contributed by atoms with van der Waals surface area (Å²) in [5.41, 5.74) is 8.78. The van der Waals surface area contributed by atoms with Gasteiger partial charge in [0.05, 0.1) is 0 Å². The van der Waals surface area contributed by atoms with E-state index in [0.29, 0.717) is 32.1 Å². The van der Waals surface area contributed by atoms with Crippen molar-refractivity contribution in [3.05, 3.63) is 108 Å². The summed E-state index contributed by atoms with van der Waals surface area (Å²) in [5.74, 6) is -0.917. The lowest BCUT2D eigenvalue weighted by molar-refractivity contribution is -0.146. The fraction of sp³-hybridized carbons (Fsp3) is 0.364. The molecule has 0 atom stereocenters. The normalized spacial score (nSPS) is 11.0. The Morgan fingerprint density at radius 3 is 1.18 bits per heavy atom. The fourth-order valence-electron chi connectivity index (χ4n) is 4.33. The third kappa shape index (κ3) is 12.3. The maximum Gasteiger partial charge on any atom is 0.306 e. The Morgan fingerprint density at radius 2 is 0.825 bits per heavy atom. The molecule has 0 spiro atoms. The van der Waals surface area contributed by atoms with E-state index < -0.39 is 5.54 Å². The Balaban J connectivity index is 1.45. The van der Waals surface area contributed by atoms with Gasteiger partial charge in [-0.05, 0) is 48.8 Å². The Hall–Kier alpha value is -3.97. The number of rotatable bonds is 17. The third-order valence-electron chi connectivity index (χ3n) is 6.67. The van der Waals surface area contributed by atoms with Crippen LogP contribution in [0.25, 0.3) is 0 Å². The first kappa shape index (κ1) is 30.6. The summed E-state index contributed by atoms with van der Waals surface area (Å²) < 4.78 is 16.2. The molecule has 0 aliphatic rings. The second kappa shape index (κ2) is 16.9. The van der Waals surface area contributed by atoms with Crippen LogP contribution in [0.2, 0.25) is 0 Å². The Morgan fingerprint density at radius 1 is 0.500 bits per heavy atom. The third-order valence-corrected chi connectivity index (χ3v) is 6.67. The van der Waals surface area contributed by atoms with Crippen LogP contribution < -0.4 is 5.73 Å². The molecular weight excluding hydrogens is 506 g/mol. The molecule has 0 aromatic heterocycles. The zero-order valence-corrected chi connectivity index (χ0v) is 23.0. The first-order valence-corrected chi connectivity index (χ1v) is 13.8. The Labute approximate surface area is 236 Å². The highest BCUT2D eigenvalue weighted by atomic mass is 16.5. The highest BCUT2D eigenvalue weighted by Gasteiger charge is 2.26. The van der Waals surface area contributed by atoms with E-state index in [1.807, 2.05) is 91.0 Å². The lowest BCUT2D eigenvalue weighted by atomic mass is 9.84. The molecule has 0 heterocycles. The number of carbonyl (C=O) groups is 3. The Bertz CT molecular complexity index is 1110. The highest BCUT2D eigenvalue weighted by molar-refractivity contribution is 5.70. The maximum absolute atomic E-state index is 12.4. The smallest absolute Gasteiger partial charge is 0.306 e. The molecule has 0 amide bonds. The largest absolute Gasteiger partial charge is 0.461 e. The molecule has 212 valence electrons. The lowest BCUT2D eigenvalue weighted by Gasteiger charge is -2.29. The average Bonchev–Trinajstić information content (AvgIpc) is 2.98. The molecular formula is C33H39NO6. The zero-order chi connectivity index (χ0) is 28.5. The molecule has 3 aromatic rings. The van der Waals surface area contributed by atoms with Crippen molar-refractivity contribution in [1.29, 1.82) is 0 Å². The summed E-state index contributed by atoms with van der Waals surface area (Å²) in [6.45, 7) is 0.662. The number of esters is 3. The molecule has 7 nitrogen and oxygen atoms in total. The van der Waals surface area contributed by atoms with Crippen LogP contribution in [0.1, 0.15) is 68.1 Å². The van der Waals surface area contributed by atoms with Crippen LogP contribution in [0.5, 0.6) is 0 Å². The quantitative estimate of drug-likeness (QED) is 0.163. The molecule has 0 saturated heterocycles. The fourth-order valence-corrected chi connectivity index (χ4v) is 4.33. The summed E-state index contributed by atoms with van der Waals surface area (Å²) in [6, 6.07) is 28.5. The van der Waals surface area contributed by atoms with Gasteiger partial charge < -0.3 is 19.9 Å². The van der Waals surface area contributed by atoms with E-state index in [9.17, 15) is 14.4 Å². The topological polar surface area (TPSA) is 105 Å². The van der Waals surface area contributed by atoms with E-state index >= 15 is 0 Å². The van der Waals surface area contributed by atoms with Crippen molar-refractivity contribution in [2.24, 2.45) is 5.73 Å². The molecule has 0 saturated carbocycles. The van der Waals surface area contributed by atoms with Gasteiger partial charge in [-0.15, -0.1) is 0 Å². The summed E-state index contributed by atoms with van der Waals surface area (Å²) in [5, 5.41) is 0. The molecule has 3 rings (SSSR count). The monoisotopic (exact) mass is 545 g/mol. The summed E-state index contributed by atoms with van der Waals surface area (Å²) in [6.07, 6.45) is 3.05. The van der Waals surface area contributed by atoms with Gasteiger partial charge in [0, 0.05) is 24.8 Å². The van der Waals surface area contributed by atoms with E-state index in [-0.39, 0.29) is 57.0 Å². The minimum Gasteiger partial charge on any atom is -0.461 e. The number of ether oxygens (including phenoxy) is 3. The van der Waals surface area contributed by atoms with Crippen molar-refractivity contribution in [3.8, 4) is 0 Å². The van der Waals surface area contributed by atoms with E-state index in [2.05, 4.69) is 0 Å². The predicted molar refractivity (Wildman–Crippen MR) is 153 cm³/mol. The summed E-state index contributed by atoms with van der Waals surface area (Å²) in [4.78, 5) is 37.0. The molecule has 7 heteroatoms. The number of benzene rings is 3. The molecule has 0 unspecified atom stereocenters. The van der Waals surface area contributed by atoms with Gasteiger partial charge in [0.15, 0.2) is 0 Å². The van der Waals surface area contributed by atoms with Gasteiger partial charge in [0.25, 0.3) is 0 Å². The summed E-state index contributed by atoms with van der Waals surface area (Å²) >= 11 is 0. The minimum atomic E-state index is -0.731. The molecule has 0 fully saturated rings. The number of hydrogen-bond donors (Lipinski definition) is 1. The van der Waals surface area contributed by atoms with Crippen LogP contribution in [-0.2, 0) is 48.4 Å². The van der Waals surface area contributed by atoms with Crippen LogP contribution in [0, 0.1) is 0 Å². The SMILES string of the molecule is NC(CCCC(=O)OCc1ccccc1)(CCCC(=O)OCc1ccccc1)CCC(=O)OCc1ccccc1. The van der Waals surface area contributed by atoms with Crippen molar-refractivity contribution in [2.75, 3.05) is 0 Å². The number of hydrogen-bond acceptors (Lipinski definition) is 7. The lowest BCUT2D eigenvalue weighted by Crippen LogP contribution is -2.40. The van der Waals surface area contributed by atoms with Crippen LogP contribution in [0.15, 0.2) is 91.0 Å². The van der Waals surface area contributed by atoms with Crippen LogP contribution in [0.3, 0.4) is 0 Å². The van der Waals surface area contributed by atoms with Crippen molar-refractivity contribution < 1.29 is 28.6 Å². The number of carbonyl (C=O) groups excluding carboxylic acids is 3. The van der Waals surface area contributed by atoms with Crippen LogP contribution in [-0.4, -0.2) is 23.4 Å². The van der Waals surface area contributed by atoms with Crippen LogP contribution >= 0.6 is 0 Å². The molecule has 0 aliphatic heterocycles. The second-order valence-corrected chi connectivity index (χ2v) is 10.0. The molecule has 0 aliphatic carbocycles. The second-order valence-electron chi connectivity index (χ2n) is 10.0. The van der Waals surface area contributed by atoms with E-state index in [1.54, 1.807) is 0 Å². The first-order valence-electron chi connectivity index (χ1n) is 13.8. The van der Waals surface area contributed by atoms with E-state index in [4.69, 9.17) is 19.9 Å². The van der Waals surface area contributed by atoms with Gasteiger partial charge in [0.1, 0.15) is 19.8 Å². The highest BCUT2D eigenvalue weighted by Crippen LogP contribution is 2.25. The molecule has 2 N–H and O–H groups in total. The van der Waals surface area contributed by atoms with Gasteiger partial charge in [-0.25, -0.2) is 0 Å². The van der Waals surface area contributed by atoms with Crippen LogP contribution in [0.4, 0.5) is 0 Å².